The molecule has 0 aliphatic rings. The topological polar surface area (TPSA) is 73.0 Å². The monoisotopic (exact) mass is 372 g/mol. The van der Waals surface area contributed by atoms with E-state index in [0.29, 0.717) is 23.3 Å². The van der Waals surface area contributed by atoms with E-state index in [-0.39, 0.29) is 17.3 Å². The van der Waals surface area contributed by atoms with Gasteiger partial charge in [0.1, 0.15) is 5.82 Å². The molecule has 0 spiro atoms. The van der Waals surface area contributed by atoms with Crippen molar-refractivity contribution in [3.63, 3.8) is 0 Å². The number of furan rings is 1. The highest BCUT2D eigenvalue weighted by atomic mass is 32.2. The molecule has 0 unspecified atom stereocenters. The van der Waals surface area contributed by atoms with Crippen LogP contribution in [-0.2, 0) is 11.3 Å². The first-order valence-corrected chi connectivity index (χ1v) is 8.84. The number of nitrogens with zero attached hydrogens (tertiary/aromatic N) is 3. The Morgan fingerprint density at radius 2 is 2.27 bits per heavy atom. The standard InChI is InChI=1S/C18H17FN4O2S/c1-3-8-23-17(15-5-4-9-25-15)21-22-18(23)26-11-16(24)20-14-7-6-12(2)10-13(14)19/h3-7,9-10H,1,8,11H2,2H3,(H,20,24). The van der Waals surface area contributed by atoms with Gasteiger partial charge < -0.3 is 9.73 Å². The Kier molecular flexibility index (Phi) is 5.52. The average Bonchev–Trinajstić information content (AvgIpc) is 3.26. The molecule has 0 saturated carbocycles. The number of hydrogen-bond donors (Lipinski definition) is 1. The van der Waals surface area contributed by atoms with Gasteiger partial charge in [0.05, 0.1) is 17.7 Å². The first-order valence-electron chi connectivity index (χ1n) is 7.85. The summed E-state index contributed by atoms with van der Waals surface area (Å²) in [4.78, 5) is 12.1. The zero-order chi connectivity index (χ0) is 18.5. The van der Waals surface area contributed by atoms with Gasteiger partial charge in [0.2, 0.25) is 11.7 Å². The summed E-state index contributed by atoms with van der Waals surface area (Å²) in [5.74, 6) is 0.421. The highest BCUT2D eigenvalue weighted by Crippen LogP contribution is 2.24. The van der Waals surface area contributed by atoms with Crippen molar-refractivity contribution in [3.8, 4) is 11.6 Å². The summed E-state index contributed by atoms with van der Waals surface area (Å²) in [7, 11) is 0. The van der Waals surface area contributed by atoms with Crippen molar-refractivity contribution in [2.24, 2.45) is 0 Å². The lowest BCUT2D eigenvalue weighted by atomic mass is 10.2. The molecule has 2 heterocycles. The van der Waals surface area contributed by atoms with Gasteiger partial charge in [-0.3, -0.25) is 9.36 Å². The normalized spacial score (nSPS) is 10.7. The molecular weight excluding hydrogens is 355 g/mol. The first kappa shape index (κ1) is 17.9. The molecule has 0 aliphatic heterocycles. The molecule has 3 aromatic rings. The number of anilines is 1. The van der Waals surface area contributed by atoms with Crippen molar-refractivity contribution in [3.05, 3.63) is 60.6 Å². The van der Waals surface area contributed by atoms with Crippen molar-refractivity contribution in [1.29, 1.82) is 0 Å². The lowest BCUT2D eigenvalue weighted by molar-refractivity contribution is -0.113. The van der Waals surface area contributed by atoms with Gasteiger partial charge in [-0.2, -0.15) is 0 Å². The number of carbonyl (C=O) groups excluding carboxylic acids is 1. The van der Waals surface area contributed by atoms with Crippen LogP contribution < -0.4 is 5.32 Å². The van der Waals surface area contributed by atoms with E-state index in [1.165, 1.54) is 17.8 Å². The van der Waals surface area contributed by atoms with E-state index < -0.39 is 5.82 Å². The number of hydrogen-bond acceptors (Lipinski definition) is 5. The molecule has 0 radical (unpaired) electrons. The third kappa shape index (κ3) is 4.02. The maximum atomic E-state index is 13.8. The Labute approximate surface area is 154 Å². The number of thioether (sulfide) groups is 1. The van der Waals surface area contributed by atoms with Crippen molar-refractivity contribution in [1.82, 2.24) is 14.8 Å². The Balaban J connectivity index is 1.69. The smallest absolute Gasteiger partial charge is 0.234 e. The molecule has 3 rings (SSSR count). The van der Waals surface area contributed by atoms with Gasteiger partial charge in [0, 0.05) is 6.54 Å². The van der Waals surface area contributed by atoms with Gasteiger partial charge in [0.25, 0.3) is 0 Å². The fourth-order valence-corrected chi connectivity index (χ4v) is 3.06. The van der Waals surface area contributed by atoms with Crippen molar-refractivity contribution >= 4 is 23.4 Å². The molecule has 8 heteroatoms. The molecule has 2 aromatic heterocycles. The summed E-state index contributed by atoms with van der Waals surface area (Å²) in [5, 5.41) is 11.3. The molecular formula is C18H17FN4O2S. The molecule has 134 valence electrons. The average molecular weight is 372 g/mol. The van der Waals surface area contributed by atoms with E-state index in [1.54, 1.807) is 48.1 Å². The van der Waals surface area contributed by atoms with E-state index in [4.69, 9.17) is 4.42 Å². The SMILES string of the molecule is C=CCn1c(SCC(=O)Nc2ccc(C)cc2F)nnc1-c1ccco1. The van der Waals surface area contributed by atoms with Gasteiger partial charge in [-0.1, -0.05) is 23.9 Å². The van der Waals surface area contributed by atoms with Crippen LogP contribution in [0.25, 0.3) is 11.6 Å². The van der Waals surface area contributed by atoms with Crippen LogP contribution in [0.15, 0.2) is 58.8 Å². The summed E-state index contributed by atoms with van der Waals surface area (Å²) in [6.07, 6.45) is 3.26. The Bertz CT molecular complexity index is 921. The van der Waals surface area contributed by atoms with Gasteiger partial charge in [-0.25, -0.2) is 4.39 Å². The van der Waals surface area contributed by atoms with Gasteiger partial charge >= 0.3 is 0 Å². The molecule has 0 bridgehead atoms. The molecule has 26 heavy (non-hydrogen) atoms. The van der Waals surface area contributed by atoms with Crippen LogP contribution >= 0.6 is 11.8 Å². The minimum atomic E-state index is -0.460. The number of aromatic nitrogens is 3. The fraction of sp³-hybridized carbons (Fsp3) is 0.167. The number of aryl methyl sites for hydroxylation is 1. The third-order valence-electron chi connectivity index (χ3n) is 3.50. The molecule has 0 atom stereocenters. The van der Waals surface area contributed by atoms with Crippen LogP contribution in [0.1, 0.15) is 5.56 Å². The van der Waals surface area contributed by atoms with Crippen molar-refractivity contribution in [2.45, 2.75) is 18.6 Å². The summed E-state index contributed by atoms with van der Waals surface area (Å²) in [6.45, 7) is 5.99. The second kappa shape index (κ2) is 8.01. The summed E-state index contributed by atoms with van der Waals surface area (Å²) in [6, 6.07) is 8.20. The van der Waals surface area contributed by atoms with Gasteiger partial charge in [-0.05, 0) is 36.8 Å². The molecule has 0 saturated heterocycles. The van der Waals surface area contributed by atoms with Gasteiger partial charge in [-0.15, -0.1) is 16.8 Å². The van der Waals surface area contributed by atoms with Gasteiger partial charge in [0.15, 0.2) is 10.9 Å². The van der Waals surface area contributed by atoms with Crippen LogP contribution in [0.2, 0.25) is 0 Å². The first-order chi connectivity index (χ1) is 12.6. The zero-order valence-corrected chi connectivity index (χ0v) is 14.9. The van der Waals surface area contributed by atoms with Crippen LogP contribution in [0.5, 0.6) is 0 Å². The van der Waals surface area contributed by atoms with Crippen molar-refractivity contribution < 1.29 is 13.6 Å². The maximum Gasteiger partial charge on any atom is 0.234 e. The minimum absolute atomic E-state index is 0.0702. The van der Waals surface area contributed by atoms with E-state index >= 15 is 0 Å². The Morgan fingerprint density at radius 1 is 1.42 bits per heavy atom. The van der Waals surface area contributed by atoms with Crippen molar-refractivity contribution in [2.75, 3.05) is 11.1 Å². The van der Waals surface area contributed by atoms with E-state index in [2.05, 4.69) is 22.1 Å². The number of halogens is 1. The van der Waals surface area contributed by atoms with E-state index in [1.807, 2.05) is 0 Å². The largest absolute Gasteiger partial charge is 0.461 e. The Hall–Kier alpha value is -2.87. The molecule has 0 fully saturated rings. The maximum absolute atomic E-state index is 13.8. The van der Waals surface area contributed by atoms with E-state index in [0.717, 1.165) is 5.56 Å². The minimum Gasteiger partial charge on any atom is -0.461 e. The van der Waals surface area contributed by atoms with Crippen LogP contribution in [0.4, 0.5) is 10.1 Å². The number of nitrogens with one attached hydrogen (secondary N) is 1. The molecule has 6 nitrogen and oxygen atoms in total. The molecule has 0 aliphatic carbocycles. The molecule has 1 amide bonds. The highest BCUT2D eigenvalue weighted by molar-refractivity contribution is 7.99. The number of carbonyl (C=O) groups is 1. The van der Waals surface area contributed by atoms with E-state index in [9.17, 15) is 9.18 Å². The number of amides is 1. The number of rotatable bonds is 7. The summed E-state index contributed by atoms with van der Waals surface area (Å²) < 4.78 is 21.0. The van der Waals surface area contributed by atoms with Crippen LogP contribution in [-0.4, -0.2) is 26.4 Å². The molecule has 1 N–H and O–H groups in total. The van der Waals surface area contributed by atoms with Crippen LogP contribution in [0, 0.1) is 12.7 Å². The second-order valence-electron chi connectivity index (χ2n) is 5.50. The number of benzene rings is 1. The number of allylic oxidation sites excluding steroid dienone is 1. The molecule has 1 aromatic carbocycles. The zero-order valence-electron chi connectivity index (χ0n) is 14.1. The lowest BCUT2D eigenvalue weighted by Gasteiger charge is -2.08. The predicted octanol–water partition coefficient (Wildman–Crippen LogP) is 3.90. The fourth-order valence-electron chi connectivity index (χ4n) is 2.32. The summed E-state index contributed by atoms with van der Waals surface area (Å²) in [5.41, 5.74) is 0.947. The Morgan fingerprint density at radius 3 is 2.96 bits per heavy atom. The second-order valence-corrected chi connectivity index (χ2v) is 6.45. The predicted molar refractivity (Wildman–Crippen MR) is 98.4 cm³/mol. The quantitative estimate of drug-likeness (QED) is 0.503. The van der Waals surface area contributed by atoms with Crippen LogP contribution in [0.3, 0.4) is 0 Å². The highest BCUT2D eigenvalue weighted by Gasteiger charge is 2.17. The lowest BCUT2D eigenvalue weighted by Crippen LogP contribution is -2.15. The summed E-state index contributed by atoms with van der Waals surface area (Å²) >= 11 is 1.21. The third-order valence-corrected chi connectivity index (χ3v) is 4.47.